The first-order valence-electron chi connectivity index (χ1n) is 2.81. The summed E-state index contributed by atoms with van der Waals surface area (Å²) in [7, 11) is 1.67. The smallest absolute Gasteiger partial charge is 0.216 e. The fourth-order valence-electron chi connectivity index (χ4n) is 0.672. The summed E-state index contributed by atoms with van der Waals surface area (Å²) in [5.74, 6) is 0.671. The van der Waals surface area contributed by atoms with E-state index in [9.17, 15) is 4.79 Å². The number of rotatable bonds is 1. The predicted molar refractivity (Wildman–Crippen MR) is 34.1 cm³/mol. The molecule has 0 aromatic carbocycles. The molecule has 0 spiro atoms. The van der Waals surface area contributed by atoms with E-state index in [0.717, 1.165) is 19.5 Å². The molecule has 0 saturated heterocycles. The van der Waals surface area contributed by atoms with Gasteiger partial charge in [0.15, 0.2) is 5.96 Å². The maximum atomic E-state index is 10.1. The van der Waals surface area contributed by atoms with E-state index in [0.29, 0.717) is 5.96 Å². The summed E-state index contributed by atoms with van der Waals surface area (Å²) in [5.41, 5.74) is 0. The van der Waals surface area contributed by atoms with E-state index in [-0.39, 0.29) is 0 Å². The second-order valence-corrected chi connectivity index (χ2v) is 1.85. The Kier molecular flexibility index (Phi) is 1.67. The molecule has 0 saturated carbocycles. The summed E-state index contributed by atoms with van der Waals surface area (Å²) < 4.78 is 0. The first kappa shape index (κ1) is 6.07. The van der Waals surface area contributed by atoms with Gasteiger partial charge in [-0.05, 0) is 0 Å². The third-order valence-electron chi connectivity index (χ3n) is 1.15. The summed E-state index contributed by atoms with van der Waals surface area (Å²) in [5, 5.41) is 2.95. The van der Waals surface area contributed by atoms with Gasteiger partial charge in [0, 0.05) is 13.6 Å². The van der Waals surface area contributed by atoms with E-state index in [1.54, 1.807) is 7.05 Å². The van der Waals surface area contributed by atoms with E-state index in [2.05, 4.69) is 10.3 Å². The molecule has 0 aromatic heterocycles. The Bertz CT molecular complexity index is 143. The highest BCUT2D eigenvalue weighted by Gasteiger charge is 2.07. The van der Waals surface area contributed by atoms with Gasteiger partial charge in [-0.1, -0.05) is 0 Å². The lowest BCUT2D eigenvalue weighted by atomic mass is 10.7. The SMILES string of the molecule is CN(C=O)C1=NCCN1. The second-order valence-electron chi connectivity index (χ2n) is 1.85. The first-order valence-corrected chi connectivity index (χ1v) is 2.81. The molecule has 0 bridgehead atoms. The molecular weight excluding hydrogens is 118 g/mol. The summed E-state index contributed by atoms with van der Waals surface area (Å²) in [6.45, 7) is 1.61. The molecule has 0 unspecified atom stereocenters. The van der Waals surface area contributed by atoms with Crippen molar-refractivity contribution in [1.29, 1.82) is 0 Å². The van der Waals surface area contributed by atoms with Crippen molar-refractivity contribution in [2.45, 2.75) is 0 Å². The Balaban J connectivity index is 2.50. The van der Waals surface area contributed by atoms with Gasteiger partial charge in [-0.3, -0.25) is 14.7 Å². The number of nitrogens with one attached hydrogen (secondary N) is 1. The van der Waals surface area contributed by atoms with Gasteiger partial charge >= 0.3 is 0 Å². The van der Waals surface area contributed by atoms with Crippen LogP contribution < -0.4 is 5.32 Å². The minimum atomic E-state index is 0.671. The van der Waals surface area contributed by atoms with Crippen LogP contribution in [0.1, 0.15) is 0 Å². The molecule has 1 N–H and O–H groups in total. The van der Waals surface area contributed by atoms with Crippen molar-refractivity contribution in [3.05, 3.63) is 0 Å². The fraction of sp³-hybridized carbons (Fsp3) is 0.600. The zero-order valence-electron chi connectivity index (χ0n) is 5.29. The largest absolute Gasteiger partial charge is 0.354 e. The molecule has 0 aromatic rings. The van der Waals surface area contributed by atoms with Gasteiger partial charge in [0.1, 0.15) is 0 Å². The van der Waals surface area contributed by atoms with Gasteiger partial charge in [0.25, 0.3) is 0 Å². The third-order valence-corrected chi connectivity index (χ3v) is 1.15. The molecule has 1 heterocycles. The van der Waals surface area contributed by atoms with E-state index < -0.39 is 0 Å². The van der Waals surface area contributed by atoms with E-state index in [1.807, 2.05) is 0 Å². The van der Waals surface area contributed by atoms with E-state index in [1.165, 1.54) is 4.90 Å². The van der Waals surface area contributed by atoms with Crippen LogP contribution in [0, 0.1) is 0 Å². The Labute approximate surface area is 53.6 Å². The number of hydrogen-bond acceptors (Lipinski definition) is 3. The lowest BCUT2D eigenvalue weighted by molar-refractivity contribution is -0.114. The van der Waals surface area contributed by atoms with Crippen molar-refractivity contribution in [2.24, 2.45) is 4.99 Å². The Hall–Kier alpha value is -1.06. The topological polar surface area (TPSA) is 44.7 Å². The fourth-order valence-corrected chi connectivity index (χ4v) is 0.672. The highest BCUT2D eigenvalue weighted by molar-refractivity contribution is 5.89. The Morgan fingerprint density at radius 2 is 2.67 bits per heavy atom. The molecule has 1 rings (SSSR count). The Morgan fingerprint density at radius 3 is 3.11 bits per heavy atom. The normalized spacial score (nSPS) is 16.3. The number of nitrogens with zero attached hydrogens (tertiary/aromatic N) is 2. The van der Waals surface area contributed by atoms with Gasteiger partial charge in [-0.25, -0.2) is 0 Å². The van der Waals surface area contributed by atoms with Crippen LogP contribution in [-0.4, -0.2) is 37.4 Å². The monoisotopic (exact) mass is 127 g/mol. The second kappa shape index (κ2) is 2.48. The molecule has 9 heavy (non-hydrogen) atoms. The first-order chi connectivity index (χ1) is 4.34. The molecule has 1 aliphatic rings. The molecule has 0 atom stereocenters. The average molecular weight is 127 g/mol. The predicted octanol–water partition coefficient (Wildman–Crippen LogP) is -0.966. The number of aliphatic imine (C=N–C) groups is 1. The van der Waals surface area contributed by atoms with Crippen LogP contribution in [0.25, 0.3) is 0 Å². The summed E-state index contributed by atoms with van der Waals surface area (Å²) in [6, 6.07) is 0. The molecular formula is C5H9N3O. The van der Waals surface area contributed by atoms with E-state index >= 15 is 0 Å². The zero-order chi connectivity index (χ0) is 6.69. The zero-order valence-corrected chi connectivity index (χ0v) is 5.29. The summed E-state index contributed by atoms with van der Waals surface area (Å²) in [6.07, 6.45) is 0.733. The maximum absolute atomic E-state index is 10.1. The summed E-state index contributed by atoms with van der Waals surface area (Å²) in [4.78, 5) is 15.5. The van der Waals surface area contributed by atoms with Crippen molar-refractivity contribution < 1.29 is 4.79 Å². The Morgan fingerprint density at radius 1 is 1.89 bits per heavy atom. The molecule has 1 amide bonds. The van der Waals surface area contributed by atoms with E-state index in [4.69, 9.17) is 0 Å². The van der Waals surface area contributed by atoms with Crippen molar-refractivity contribution in [3.63, 3.8) is 0 Å². The van der Waals surface area contributed by atoms with Gasteiger partial charge < -0.3 is 5.32 Å². The van der Waals surface area contributed by atoms with Crippen LogP contribution in [0.2, 0.25) is 0 Å². The molecule has 1 aliphatic heterocycles. The van der Waals surface area contributed by atoms with Gasteiger partial charge in [0.2, 0.25) is 6.41 Å². The van der Waals surface area contributed by atoms with Crippen molar-refractivity contribution in [1.82, 2.24) is 10.2 Å². The standard InChI is InChI=1S/C5H9N3O/c1-8(4-9)5-6-2-3-7-5/h4H,2-3H2,1H3,(H,6,7). The lowest BCUT2D eigenvalue weighted by Crippen LogP contribution is -2.34. The number of carbonyl (C=O) groups excluding carboxylic acids is 1. The van der Waals surface area contributed by atoms with Crippen molar-refractivity contribution in [2.75, 3.05) is 20.1 Å². The quantitative estimate of drug-likeness (QED) is 0.461. The third kappa shape index (κ3) is 1.19. The molecule has 50 valence electrons. The highest BCUT2D eigenvalue weighted by Crippen LogP contribution is 1.86. The number of hydrogen-bond donors (Lipinski definition) is 1. The number of carbonyl (C=O) groups is 1. The van der Waals surface area contributed by atoms with Gasteiger partial charge in [-0.15, -0.1) is 0 Å². The van der Waals surface area contributed by atoms with Crippen LogP contribution in [0.4, 0.5) is 0 Å². The molecule has 0 radical (unpaired) electrons. The minimum absolute atomic E-state index is 0.671. The molecule has 4 heteroatoms. The van der Waals surface area contributed by atoms with Crippen molar-refractivity contribution >= 4 is 12.4 Å². The van der Waals surface area contributed by atoms with Gasteiger partial charge in [-0.2, -0.15) is 0 Å². The molecule has 0 fully saturated rings. The molecule has 0 aliphatic carbocycles. The van der Waals surface area contributed by atoms with Crippen LogP contribution in [-0.2, 0) is 4.79 Å². The summed E-state index contributed by atoms with van der Waals surface area (Å²) >= 11 is 0. The minimum Gasteiger partial charge on any atom is -0.354 e. The average Bonchev–Trinajstić information content (AvgIpc) is 2.37. The van der Waals surface area contributed by atoms with Gasteiger partial charge in [0.05, 0.1) is 6.54 Å². The van der Waals surface area contributed by atoms with Crippen LogP contribution >= 0.6 is 0 Å². The van der Waals surface area contributed by atoms with Crippen molar-refractivity contribution in [3.8, 4) is 0 Å². The van der Waals surface area contributed by atoms with Crippen LogP contribution in [0.5, 0.6) is 0 Å². The maximum Gasteiger partial charge on any atom is 0.216 e. The molecule has 4 nitrogen and oxygen atoms in total. The number of amides is 1. The lowest BCUT2D eigenvalue weighted by Gasteiger charge is -2.08. The van der Waals surface area contributed by atoms with Crippen LogP contribution in [0.3, 0.4) is 0 Å². The number of guanidine groups is 1. The van der Waals surface area contributed by atoms with Crippen LogP contribution in [0.15, 0.2) is 4.99 Å². The highest BCUT2D eigenvalue weighted by atomic mass is 16.1.